The molecule has 2 unspecified atom stereocenters. The normalized spacial score (nSPS) is 19.9. The standard InChI is InChI=1S/C30H27N9O/c40-30(24-7-3-4-12-31-24)39-20-13-21(39)17-38(16-20)27-11-10-19(15-32-27)28-33-23-6-2-1-5-22(23)29(35-28)34-26-14-25(36-37-26)18-8-9-18/h1-7,10-12,14-15,18,20-21H,8-9,13,16-17H2,(H2,33,34,35,36,37). The fourth-order valence-electron chi connectivity index (χ4n) is 5.88. The van der Waals surface area contributed by atoms with Crippen LogP contribution in [0.1, 0.15) is 41.4 Å². The largest absolute Gasteiger partial charge is 0.352 e. The van der Waals surface area contributed by atoms with Gasteiger partial charge in [0.05, 0.1) is 17.6 Å². The number of piperazine rings is 1. The Morgan fingerprint density at radius 2 is 1.80 bits per heavy atom. The smallest absolute Gasteiger partial charge is 0.273 e. The van der Waals surface area contributed by atoms with E-state index in [4.69, 9.17) is 15.0 Å². The van der Waals surface area contributed by atoms with E-state index in [9.17, 15) is 4.79 Å². The number of carbonyl (C=O) groups excluding carboxylic acids is 1. The van der Waals surface area contributed by atoms with E-state index in [0.29, 0.717) is 23.3 Å². The molecule has 4 aromatic heterocycles. The number of carbonyl (C=O) groups is 1. The zero-order chi connectivity index (χ0) is 26.6. The molecule has 5 aromatic rings. The molecule has 40 heavy (non-hydrogen) atoms. The molecule has 2 bridgehead atoms. The van der Waals surface area contributed by atoms with Crippen LogP contribution in [0.3, 0.4) is 0 Å². The third-order valence-electron chi connectivity index (χ3n) is 8.11. The molecular weight excluding hydrogens is 502 g/mol. The fourth-order valence-corrected chi connectivity index (χ4v) is 5.88. The summed E-state index contributed by atoms with van der Waals surface area (Å²) in [4.78, 5) is 35.9. The summed E-state index contributed by atoms with van der Waals surface area (Å²) in [5.74, 6) is 3.58. The summed E-state index contributed by atoms with van der Waals surface area (Å²) in [6.07, 6.45) is 6.95. The number of aromatic nitrogens is 6. The molecule has 0 spiro atoms. The number of nitrogens with one attached hydrogen (secondary N) is 2. The first kappa shape index (κ1) is 23.1. The zero-order valence-electron chi connectivity index (χ0n) is 21.7. The highest BCUT2D eigenvalue weighted by atomic mass is 16.2. The van der Waals surface area contributed by atoms with Gasteiger partial charge in [0, 0.05) is 54.1 Å². The molecule has 1 aliphatic carbocycles. The molecule has 2 N–H and O–H groups in total. The molecule has 9 rings (SSSR count). The van der Waals surface area contributed by atoms with Crippen LogP contribution in [0, 0.1) is 0 Å². The first-order valence-electron chi connectivity index (χ1n) is 13.7. The van der Waals surface area contributed by atoms with Crippen LogP contribution in [-0.2, 0) is 0 Å². The van der Waals surface area contributed by atoms with Crippen molar-refractivity contribution in [1.29, 1.82) is 0 Å². The van der Waals surface area contributed by atoms with E-state index in [1.165, 1.54) is 18.5 Å². The number of pyridine rings is 2. The highest BCUT2D eigenvalue weighted by molar-refractivity contribution is 5.94. The highest BCUT2D eigenvalue weighted by Crippen LogP contribution is 2.40. The molecule has 2 atom stereocenters. The van der Waals surface area contributed by atoms with Gasteiger partial charge in [-0.3, -0.25) is 14.9 Å². The number of anilines is 3. The number of rotatable bonds is 6. The Morgan fingerprint density at radius 3 is 2.58 bits per heavy atom. The number of aromatic amines is 1. The van der Waals surface area contributed by atoms with Crippen molar-refractivity contribution in [1.82, 2.24) is 35.0 Å². The van der Waals surface area contributed by atoms with Gasteiger partial charge in [0.15, 0.2) is 11.6 Å². The van der Waals surface area contributed by atoms with Gasteiger partial charge in [-0.1, -0.05) is 18.2 Å². The Hall–Kier alpha value is -4.86. The Morgan fingerprint density at radius 1 is 0.950 bits per heavy atom. The number of piperidine rings is 1. The second-order valence-corrected chi connectivity index (χ2v) is 10.8. The monoisotopic (exact) mass is 529 g/mol. The maximum absolute atomic E-state index is 13.0. The number of nitrogens with zero attached hydrogens (tertiary/aromatic N) is 7. The van der Waals surface area contributed by atoms with E-state index < -0.39 is 0 Å². The Labute approximate surface area is 230 Å². The van der Waals surface area contributed by atoms with Crippen molar-refractivity contribution in [3.8, 4) is 11.4 Å². The van der Waals surface area contributed by atoms with Gasteiger partial charge in [-0.05, 0) is 55.7 Å². The average Bonchev–Trinajstić information content (AvgIpc) is 3.76. The summed E-state index contributed by atoms with van der Waals surface area (Å²) in [7, 11) is 0. The minimum Gasteiger partial charge on any atom is -0.352 e. The fraction of sp³-hybridized carbons (Fsp3) is 0.267. The van der Waals surface area contributed by atoms with Crippen LogP contribution in [0.15, 0.2) is 73.1 Å². The molecule has 4 fully saturated rings. The summed E-state index contributed by atoms with van der Waals surface area (Å²) in [5, 5.41) is 11.9. The highest BCUT2D eigenvalue weighted by Gasteiger charge is 2.48. The van der Waals surface area contributed by atoms with Crippen LogP contribution in [-0.4, -0.2) is 66.1 Å². The van der Waals surface area contributed by atoms with Crippen LogP contribution >= 0.6 is 0 Å². The summed E-state index contributed by atoms with van der Waals surface area (Å²) >= 11 is 0. The molecule has 4 aliphatic rings. The SMILES string of the molecule is O=C(c1ccccn1)N1C2CC1CN(c1ccc(-c3nc(Nc4cc(C5CC5)[nH]n4)c4ccccc4n3)cn1)C2. The van der Waals surface area contributed by atoms with Crippen molar-refractivity contribution in [2.75, 3.05) is 23.3 Å². The average molecular weight is 530 g/mol. The predicted octanol–water partition coefficient (Wildman–Crippen LogP) is 4.53. The molecule has 3 aliphatic heterocycles. The van der Waals surface area contributed by atoms with Crippen molar-refractivity contribution >= 4 is 34.3 Å². The molecule has 1 saturated carbocycles. The van der Waals surface area contributed by atoms with Crippen LogP contribution in [0.25, 0.3) is 22.3 Å². The zero-order valence-corrected chi connectivity index (χ0v) is 21.7. The maximum atomic E-state index is 13.0. The molecular formula is C30H27N9O. The number of benzene rings is 1. The molecule has 10 heteroatoms. The van der Waals surface area contributed by atoms with Gasteiger partial charge in [0.1, 0.15) is 17.3 Å². The van der Waals surface area contributed by atoms with Crippen molar-refractivity contribution in [3.05, 3.63) is 84.4 Å². The second-order valence-electron chi connectivity index (χ2n) is 10.8. The van der Waals surface area contributed by atoms with Crippen LogP contribution in [0.2, 0.25) is 0 Å². The quantitative estimate of drug-likeness (QED) is 0.330. The lowest BCUT2D eigenvalue weighted by molar-refractivity contribution is 0.00525. The lowest BCUT2D eigenvalue weighted by Crippen LogP contribution is -2.70. The van der Waals surface area contributed by atoms with E-state index in [1.54, 1.807) is 12.3 Å². The van der Waals surface area contributed by atoms with Gasteiger partial charge in [-0.25, -0.2) is 15.0 Å². The third-order valence-corrected chi connectivity index (χ3v) is 8.11. The lowest BCUT2D eigenvalue weighted by Gasteiger charge is -2.56. The molecule has 10 nitrogen and oxygen atoms in total. The Kier molecular flexibility index (Phi) is 5.26. The van der Waals surface area contributed by atoms with E-state index in [1.807, 2.05) is 59.6 Å². The Bertz CT molecular complexity index is 1700. The number of hydrogen-bond acceptors (Lipinski definition) is 8. The number of amides is 1. The van der Waals surface area contributed by atoms with Gasteiger partial charge < -0.3 is 15.1 Å². The minimum atomic E-state index is 0.0151. The predicted molar refractivity (Wildman–Crippen MR) is 151 cm³/mol. The van der Waals surface area contributed by atoms with Crippen LogP contribution in [0.4, 0.5) is 17.5 Å². The summed E-state index contributed by atoms with van der Waals surface area (Å²) in [6, 6.07) is 19.9. The topological polar surface area (TPSA) is 116 Å². The third kappa shape index (κ3) is 4.03. The molecule has 1 amide bonds. The molecule has 1 aromatic carbocycles. The van der Waals surface area contributed by atoms with Gasteiger partial charge in [-0.2, -0.15) is 5.10 Å². The summed E-state index contributed by atoms with van der Waals surface area (Å²) < 4.78 is 0. The molecule has 7 heterocycles. The number of hydrogen-bond donors (Lipinski definition) is 2. The number of para-hydroxylation sites is 1. The van der Waals surface area contributed by atoms with E-state index >= 15 is 0 Å². The van der Waals surface area contributed by atoms with Gasteiger partial charge in [-0.15, -0.1) is 0 Å². The van der Waals surface area contributed by atoms with E-state index in [-0.39, 0.29) is 18.0 Å². The van der Waals surface area contributed by atoms with Crippen molar-refractivity contribution in [2.45, 2.75) is 37.3 Å². The minimum absolute atomic E-state index is 0.0151. The van der Waals surface area contributed by atoms with Gasteiger partial charge in [0.2, 0.25) is 0 Å². The van der Waals surface area contributed by atoms with Gasteiger partial charge in [0.25, 0.3) is 5.91 Å². The van der Waals surface area contributed by atoms with E-state index in [2.05, 4.69) is 31.5 Å². The lowest BCUT2D eigenvalue weighted by atomic mass is 9.87. The van der Waals surface area contributed by atoms with Crippen LogP contribution in [0.5, 0.6) is 0 Å². The van der Waals surface area contributed by atoms with E-state index in [0.717, 1.165) is 47.6 Å². The first-order chi connectivity index (χ1) is 19.7. The maximum Gasteiger partial charge on any atom is 0.273 e. The first-order valence-corrected chi connectivity index (χ1v) is 13.7. The molecule has 0 radical (unpaired) electrons. The van der Waals surface area contributed by atoms with Crippen molar-refractivity contribution in [2.24, 2.45) is 0 Å². The molecule has 3 saturated heterocycles. The van der Waals surface area contributed by atoms with Crippen LogP contribution < -0.4 is 10.2 Å². The number of H-pyrrole nitrogens is 1. The van der Waals surface area contributed by atoms with Crippen molar-refractivity contribution in [3.63, 3.8) is 0 Å². The summed E-state index contributed by atoms with van der Waals surface area (Å²) in [5.41, 5.74) is 3.37. The van der Waals surface area contributed by atoms with Crippen molar-refractivity contribution < 1.29 is 4.79 Å². The second kappa shape index (κ2) is 9.11. The Balaban J connectivity index is 1.02. The summed E-state index contributed by atoms with van der Waals surface area (Å²) in [6.45, 7) is 1.52. The van der Waals surface area contributed by atoms with Gasteiger partial charge >= 0.3 is 0 Å². The number of fused-ring (bicyclic) bond motifs is 3. The molecule has 198 valence electrons.